The maximum absolute atomic E-state index is 13.1. The number of alkyl carbamates (subject to hydrolysis) is 1. The Kier molecular flexibility index (Phi) is 13.8. The monoisotopic (exact) mass is 768 g/mol. The summed E-state index contributed by atoms with van der Waals surface area (Å²) in [4.78, 5) is 44.8. The number of nitrogens with zero attached hydrogens (tertiary/aromatic N) is 3. The Balaban J connectivity index is 1.26. The van der Waals surface area contributed by atoms with E-state index in [4.69, 9.17) is 23.9 Å². The molecule has 56 heavy (non-hydrogen) atoms. The van der Waals surface area contributed by atoms with Crippen molar-refractivity contribution >= 4 is 34.9 Å². The number of carbonyl (C=O) groups is 3. The molecule has 13 nitrogen and oxygen atoms in total. The molecule has 300 valence electrons. The lowest BCUT2D eigenvalue weighted by Crippen LogP contribution is -2.50. The number of esters is 1. The number of nitrogens with one attached hydrogen (secondary N) is 3. The van der Waals surface area contributed by atoms with Crippen molar-refractivity contribution in [1.82, 2.24) is 25.7 Å². The molecule has 0 aliphatic carbocycles. The average Bonchev–Trinajstić information content (AvgIpc) is 3.53. The number of aldehydes is 1. The number of anilines is 1. The summed E-state index contributed by atoms with van der Waals surface area (Å²) in [6.45, 7) is 12.0. The summed E-state index contributed by atoms with van der Waals surface area (Å²) in [5.41, 5.74) is 12.8. The number of morpholine rings is 1. The number of rotatable bonds is 16. The number of hydrazine groups is 1. The molecule has 1 unspecified atom stereocenters. The smallest absolute Gasteiger partial charge is 0.408 e. The summed E-state index contributed by atoms with van der Waals surface area (Å²) in [6.07, 6.45) is 3.95. The van der Waals surface area contributed by atoms with Gasteiger partial charge in [0.1, 0.15) is 18.9 Å². The van der Waals surface area contributed by atoms with Crippen LogP contribution in [0, 0.1) is 5.41 Å². The van der Waals surface area contributed by atoms with Crippen LogP contribution in [0.2, 0.25) is 0 Å². The van der Waals surface area contributed by atoms with Crippen LogP contribution < -0.4 is 21.1 Å². The third-order valence-electron chi connectivity index (χ3n) is 10.6. The van der Waals surface area contributed by atoms with E-state index < -0.39 is 17.6 Å². The molecule has 2 aromatic heterocycles. The Morgan fingerprint density at radius 2 is 1.95 bits per heavy atom. The van der Waals surface area contributed by atoms with Gasteiger partial charge in [0, 0.05) is 73.5 Å². The zero-order valence-corrected chi connectivity index (χ0v) is 33.2. The van der Waals surface area contributed by atoms with E-state index in [2.05, 4.69) is 70.7 Å². The molecule has 0 spiro atoms. The summed E-state index contributed by atoms with van der Waals surface area (Å²) >= 11 is 0. The fourth-order valence-corrected chi connectivity index (χ4v) is 7.66. The Morgan fingerprint density at radius 3 is 2.68 bits per heavy atom. The summed E-state index contributed by atoms with van der Waals surface area (Å²) in [5.74, 6) is -0.245. The van der Waals surface area contributed by atoms with Crippen LogP contribution in [0.3, 0.4) is 0 Å². The molecule has 1 amide bonds. The third kappa shape index (κ3) is 9.94. The van der Waals surface area contributed by atoms with E-state index in [1.54, 1.807) is 13.3 Å². The Morgan fingerprint density at radius 1 is 1.12 bits per heavy atom. The predicted octanol–water partition coefficient (Wildman–Crippen LogP) is 5.89. The van der Waals surface area contributed by atoms with Crippen molar-refractivity contribution in [2.24, 2.45) is 5.41 Å². The molecular formula is C43H56N6O7. The van der Waals surface area contributed by atoms with Gasteiger partial charge in [0.2, 0.25) is 0 Å². The van der Waals surface area contributed by atoms with Gasteiger partial charge in [-0.25, -0.2) is 10.2 Å². The molecule has 2 fully saturated rings. The van der Waals surface area contributed by atoms with Gasteiger partial charge in [0.15, 0.2) is 0 Å². The first-order valence-electron chi connectivity index (χ1n) is 19.7. The van der Waals surface area contributed by atoms with Crippen LogP contribution in [-0.4, -0.2) is 86.0 Å². The SMILES string of the molecule is CCn1c(-c2cccnc2[C@H](C)OC)c(CC(C)(C)COC(=O)C2CCCNN2)c2cc(N3CCO[C@@H](C[C@@H](C=O)NC(=O)OCc4ccccc4)C3)ccc21. The molecule has 13 heteroatoms. The molecular weight excluding hydrogens is 713 g/mol. The van der Waals surface area contributed by atoms with Gasteiger partial charge in [-0.15, -0.1) is 0 Å². The Bertz CT molecular complexity index is 1940. The molecule has 6 rings (SSSR count). The molecule has 2 aliphatic heterocycles. The summed E-state index contributed by atoms with van der Waals surface area (Å²) in [6, 6.07) is 18.9. The van der Waals surface area contributed by atoms with Gasteiger partial charge in [0.25, 0.3) is 0 Å². The number of aromatic nitrogens is 2. The normalized spacial score (nSPS) is 18.6. The standard InChI is InChI=1S/C43H56N6O7/c1-6-49-38-17-16-32(48-20-21-54-33(25-48)22-31(26-50)46-42(52)55-27-30-12-8-7-9-13-30)23-35(38)36(40(49)34-14-10-18-44-39(34)29(2)53-5)24-43(3,4)28-56-41(51)37-15-11-19-45-47-37/h7-10,12-14,16-18,23,26,29,31,33,37,45,47H,6,11,15,19-22,24-25,27-28H2,1-5H3,(H,46,52)/t29-,31-,33-,37?/m0/s1. The average molecular weight is 769 g/mol. The highest BCUT2D eigenvalue weighted by atomic mass is 16.5. The third-order valence-corrected chi connectivity index (χ3v) is 10.6. The van der Waals surface area contributed by atoms with Crippen LogP contribution in [0.25, 0.3) is 22.2 Å². The number of amides is 1. The van der Waals surface area contributed by atoms with Crippen molar-refractivity contribution in [2.45, 2.75) is 90.8 Å². The number of fused-ring (bicyclic) bond motifs is 1. The van der Waals surface area contributed by atoms with E-state index in [-0.39, 0.29) is 37.4 Å². The van der Waals surface area contributed by atoms with Gasteiger partial charge in [0.05, 0.1) is 42.9 Å². The highest BCUT2D eigenvalue weighted by Crippen LogP contribution is 2.42. The number of ether oxygens (including phenoxy) is 4. The van der Waals surface area contributed by atoms with Crippen LogP contribution in [0.4, 0.5) is 10.5 Å². The number of hydrogen-bond donors (Lipinski definition) is 3. The largest absolute Gasteiger partial charge is 0.464 e. The minimum atomic E-state index is -0.761. The highest BCUT2D eigenvalue weighted by molar-refractivity contribution is 5.94. The van der Waals surface area contributed by atoms with E-state index in [1.165, 1.54) is 0 Å². The second-order valence-electron chi connectivity index (χ2n) is 15.4. The molecule has 4 heterocycles. The number of hydrogen-bond acceptors (Lipinski definition) is 11. The van der Waals surface area contributed by atoms with Crippen LogP contribution >= 0.6 is 0 Å². The lowest BCUT2D eigenvalue weighted by atomic mass is 9.84. The topological polar surface area (TPSA) is 145 Å². The van der Waals surface area contributed by atoms with Gasteiger partial charge >= 0.3 is 12.1 Å². The number of pyridine rings is 1. The van der Waals surface area contributed by atoms with Crippen molar-refractivity contribution in [3.05, 3.63) is 83.7 Å². The first-order chi connectivity index (χ1) is 27.1. The van der Waals surface area contributed by atoms with E-state index in [0.717, 1.165) is 76.9 Å². The fourth-order valence-electron chi connectivity index (χ4n) is 7.66. The summed E-state index contributed by atoms with van der Waals surface area (Å²) in [7, 11) is 1.69. The maximum atomic E-state index is 13.1. The molecule has 2 aromatic carbocycles. The molecule has 4 atom stereocenters. The van der Waals surface area contributed by atoms with Crippen LogP contribution in [-0.2, 0) is 48.1 Å². The van der Waals surface area contributed by atoms with Gasteiger partial charge in [-0.2, -0.15) is 0 Å². The minimum Gasteiger partial charge on any atom is -0.464 e. The van der Waals surface area contributed by atoms with Crippen molar-refractivity contribution in [3.63, 3.8) is 0 Å². The second kappa shape index (κ2) is 18.9. The van der Waals surface area contributed by atoms with Crippen LogP contribution in [0.5, 0.6) is 0 Å². The zero-order valence-electron chi connectivity index (χ0n) is 33.2. The van der Waals surface area contributed by atoms with Crippen LogP contribution in [0.15, 0.2) is 66.9 Å². The highest BCUT2D eigenvalue weighted by Gasteiger charge is 2.32. The van der Waals surface area contributed by atoms with E-state index in [1.807, 2.05) is 43.3 Å². The maximum Gasteiger partial charge on any atom is 0.408 e. The Hall–Kier alpha value is -4.82. The molecule has 2 saturated heterocycles. The first-order valence-corrected chi connectivity index (χ1v) is 19.7. The molecule has 0 saturated carbocycles. The van der Waals surface area contributed by atoms with E-state index in [0.29, 0.717) is 32.5 Å². The van der Waals surface area contributed by atoms with Gasteiger partial charge in [-0.3, -0.25) is 15.2 Å². The van der Waals surface area contributed by atoms with Crippen molar-refractivity contribution in [3.8, 4) is 11.3 Å². The number of benzene rings is 2. The number of methoxy groups -OCH3 is 1. The lowest BCUT2D eigenvalue weighted by Gasteiger charge is -2.35. The van der Waals surface area contributed by atoms with Crippen molar-refractivity contribution < 1.29 is 33.3 Å². The number of carbonyl (C=O) groups excluding carboxylic acids is 3. The Labute approximate surface area is 329 Å². The van der Waals surface area contributed by atoms with E-state index in [9.17, 15) is 14.4 Å². The van der Waals surface area contributed by atoms with Gasteiger partial charge < -0.3 is 38.5 Å². The predicted molar refractivity (Wildman–Crippen MR) is 215 cm³/mol. The summed E-state index contributed by atoms with van der Waals surface area (Å²) < 4.78 is 25.6. The van der Waals surface area contributed by atoms with E-state index >= 15 is 0 Å². The zero-order chi connectivity index (χ0) is 39.7. The molecule has 4 aromatic rings. The molecule has 0 bridgehead atoms. The van der Waals surface area contributed by atoms with Crippen LogP contribution in [0.1, 0.15) is 69.9 Å². The number of aryl methyl sites for hydroxylation is 1. The minimum absolute atomic E-state index is 0.114. The van der Waals surface area contributed by atoms with Crippen molar-refractivity contribution in [1.29, 1.82) is 0 Å². The summed E-state index contributed by atoms with van der Waals surface area (Å²) in [5, 5.41) is 3.80. The lowest BCUT2D eigenvalue weighted by molar-refractivity contribution is -0.150. The quantitative estimate of drug-likeness (QED) is 0.0928. The van der Waals surface area contributed by atoms with Crippen molar-refractivity contribution in [2.75, 3.05) is 44.9 Å². The fraction of sp³-hybridized carbons (Fsp3) is 0.488. The molecule has 2 aliphatic rings. The van der Waals surface area contributed by atoms with Gasteiger partial charge in [-0.1, -0.05) is 44.2 Å². The molecule has 3 N–H and O–H groups in total. The van der Waals surface area contributed by atoms with Gasteiger partial charge in [-0.05, 0) is 74.6 Å². The first kappa shape index (κ1) is 40.8. The molecule has 0 radical (unpaired) electrons. The second-order valence-corrected chi connectivity index (χ2v) is 15.4.